The predicted octanol–water partition coefficient (Wildman–Crippen LogP) is 2.22. The fraction of sp³-hybridized carbons (Fsp3) is 0.400. The monoisotopic (exact) mass is 182 g/mol. The minimum Gasteiger partial charge on any atom is -0.207 e. The third-order valence-corrected chi connectivity index (χ3v) is 2.53. The van der Waals surface area contributed by atoms with E-state index >= 15 is 0 Å². The molecule has 0 saturated heterocycles. The lowest BCUT2D eigenvalue weighted by molar-refractivity contribution is 0.564. The van der Waals surface area contributed by atoms with Gasteiger partial charge >= 0.3 is 0 Å². The topological polar surface area (TPSA) is 0 Å². The third-order valence-electron chi connectivity index (χ3n) is 2.53. The largest absolute Gasteiger partial charge is 0.207 e. The fourth-order valence-electron chi connectivity index (χ4n) is 1.15. The van der Waals surface area contributed by atoms with E-state index in [1.54, 1.807) is 0 Å². The van der Waals surface area contributed by atoms with Gasteiger partial charge in [-0.2, -0.15) is 0 Å². The van der Waals surface area contributed by atoms with Crippen molar-refractivity contribution in [3.05, 3.63) is 35.4 Å². The first-order valence-corrected chi connectivity index (χ1v) is 4.42. The Bertz CT molecular complexity index is 288. The maximum Gasteiger partial charge on any atom is 0.126 e. The van der Waals surface area contributed by atoms with Crippen LogP contribution in [0.4, 0.5) is 8.78 Å². The Hall–Kier alpha value is -0.855. The fourth-order valence-corrected chi connectivity index (χ4v) is 1.15. The summed E-state index contributed by atoms with van der Waals surface area (Å²) in [4.78, 5) is 0. The van der Waals surface area contributed by atoms with Crippen molar-refractivity contribution in [3.8, 4) is 0 Å². The van der Waals surface area contributed by atoms with Crippen molar-refractivity contribution in [2.45, 2.75) is 25.6 Å². The van der Waals surface area contributed by atoms with Crippen LogP contribution in [0, 0.1) is 11.6 Å². The summed E-state index contributed by atoms with van der Waals surface area (Å²) in [6.45, 7) is 3.98. The second kappa shape index (κ2) is 3.48. The van der Waals surface area contributed by atoms with Crippen molar-refractivity contribution >= 4 is 7.85 Å². The maximum atomic E-state index is 12.9. The van der Waals surface area contributed by atoms with Crippen LogP contribution in [0.1, 0.15) is 25.8 Å². The Labute approximate surface area is 78.4 Å². The van der Waals surface area contributed by atoms with Gasteiger partial charge in [-0.1, -0.05) is 20.3 Å². The van der Waals surface area contributed by atoms with Crippen LogP contribution in [0.2, 0.25) is 0 Å². The SMILES string of the molecule is BC(C)(CC)c1cc(F)cc(F)c1. The molecule has 0 spiro atoms. The van der Waals surface area contributed by atoms with Gasteiger partial charge < -0.3 is 0 Å². The van der Waals surface area contributed by atoms with E-state index in [1.807, 2.05) is 21.7 Å². The highest BCUT2D eigenvalue weighted by Crippen LogP contribution is 2.24. The quantitative estimate of drug-likeness (QED) is 0.615. The molecule has 0 nitrogen and oxygen atoms in total. The van der Waals surface area contributed by atoms with Crippen molar-refractivity contribution in [2.75, 3.05) is 0 Å². The van der Waals surface area contributed by atoms with E-state index in [9.17, 15) is 8.78 Å². The summed E-state index contributed by atoms with van der Waals surface area (Å²) in [6.07, 6.45) is 0.857. The summed E-state index contributed by atoms with van der Waals surface area (Å²) in [6, 6.07) is 3.69. The zero-order valence-corrected chi connectivity index (χ0v) is 8.20. The van der Waals surface area contributed by atoms with Crippen molar-refractivity contribution in [2.24, 2.45) is 0 Å². The molecule has 0 aliphatic rings. The summed E-state index contributed by atoms with van der Waals surface area (Å²) in [5.41, 5.74) is 0.715. The van der Waals surface area contributed by atoms with E-state index in [0.717, 1.165) is 12.5 Å². The summed E-state index contributed by atoms with van der Waals surface area (Å²) in [5.74, 6) is -1.01. The van der Waals surface area contributed by atoms with E-state index < -0.39 is 11.6 Å². The molecule has 0 N–H and O–H groups in total. The lowest BCUT2D eigenvalue weighted by Crippen LogP contribution is -2.21. The molecule has 3 heteroatoms. The van der Waals surface area contributed by atoms with E-state index in [1.165, 1.54) is 12.1 Å². The molecule has 0 amide bonds. The number of rotatable bonds is 2. The molecule has 1 atom stereocenters. The van der Waals surface area contributed by atoms with Crippen LogP contribution < -0.4 is 0 Å². The minimum absolute atomic E-state index is 0.164. The van der Waals surface area contributed by atoms with Crippen molar-refractivity contribution in [1.82, 2.24) is 0 Å². The Morgan fingerprint density at radius 3 is 2.08 bits per heavy atom. The van der Waals surface area contributed by atoms with Crippen LogP contribution in [0.5, 0.6) is 0 Å². The normalized spacial score (nSPS) is 15.4. The molecular formula is C10H13BF2. The average molecular weight is 182 g/mol. The van der Waals surface area contributed by atoms with Crippen LogP contribution in [0.3, 0.4) is 0 Å². The number of hydrogen-bond acceptors (Lipinski definition) is 0. The van der Waals surface area contributed by atoms with Crippen LogP contribution in [0.25, 0.3) is 0 Å². The first-order chi connectivity index (χ1) is 5.95. The highest BCUT2D eigenvalue weighted by molar-refractivity contribution is 6.15. The van der Waals surface area contributed by atoms with Gasteiger partial charge in [0.05, 0.1) is 0 Å². The zero-order valence-electron chi connectivity index (χ0n) is 8.20. The molecule has 0 bridgehead atoms. The lowest BCUT2D eigenvalue weighted by atomic mass is 9.64. The van der Waals surface area contributed by atoms with Gasteiger partial charge in [-0.15, -0.1) is 0 Å². The van der Waals surface area contributed by atoms with Gasteiger partial charge in [-0.05, 0) is 23.0 Å². The molecule has 0 fully saturated rings. The molecule has 0 radical (unpaired) electrons. The van der Waals surface area contributed by atoms with Gasteiger partial charge in [-0.3, -0.25) is 0 Å². The summed E-state index contributed by atoms with van der Waals surface area (Å²) >= 11 is 0. The van der Waals surface area contributed by atoms with Gasteiger partial charge in [0.15, 0.2) is 0 Å². The lowest BCUT2D eigenvalue weighted by Gasteiger charge is -2.23. The van der Waals surface area contributed by atoms with Gasteiger partial charge in [0, 0.05) is 6.07 Å². The second-order valence-electron chi connectivity index (χ2n) is 3.90. The molecule has 1 rings (SSSR count). The number of hydrogen-bond donors (Lipinski definition) is 0. The summed E-state index contributed by atoms with van der Waals surface area (Å²) in [5, 5.41) is -0.164. The van der Waals surface area contributed by atoms with Gasteiger partial charge in [0.25, 0.3) is 0 Å². The summed E-state index contributed by atoms with van der Waals surface area (Å²) < 4.78 is 25.7. The van der Waals surface area contributed by atoms with Crippen molar-refractivity contribution < 1.29 is 8.78 Å². The molecule has 70 valence electrons. The van der Waals surface area contributed by atoms with Crippen LogP contribution in [0.15, 0.2) is 18.2 Å². The molecule has 0 saturated carbocycles. The number of benzene rings is 1. The molecule has 1 aromatic rings. The average Bonchev–Trinajstić information content (AvgIpc) is 2.02. The maximum absolute atomic E-state index is 12.9. The highest BCUT2D eigenvalue weighted by atomic mass is 19.1. The van der Waals surface area contributed by atoms with E-state index in [0.29, 0.717) is 5.56 Å². The smallest absolute Gasteiger partial charge is 0.126 e. The van der Waals surface area contributed by atoms with E-state index in [4.69, 9.17) is 0 Å². The minimum atomic E-state index is -0.503. The molecule has 1 aromatic carbocycles. The zero-order chi connectivity index (χ0) is 10.1. The van der Waals surface area contributed by atoms with Crippen molar-refractivity contribution in [3.63, 3.8) is 0 Å². The van der Waals surface area contributed by atoms with E-state index in [2.05, 4.69) is 0 Å². The van der Waals surface area contributed by atoms with Gasteiger partial charge in [0.1, 0.15) is 19.5 Å². The predicted molar refractivity (Wildman–Crippen MR) is 52.5 cm³/mol. The molecule has 0 aromatic heterocycles. The Morgan fingerprint density at radius 1 is 1.23 bits per heavy atom. The Balaban J connectivity index is 3.15. The molecule has 13 heavy (non-hydrogen) atoms. The standard InChI is InChI=1S/C10H13BF2/c1-3-10(2,11)7-4-8(12)6-9(13)5-7/h4-6H,3,11H2,1-2H3. The molecule has 0 heterocycles. The van der Waals surface area contributed by atoms with Crippen LogP contribution in [-0.2, 0) is 5.31 Å². The van der Waals surface area contributed by atoms with Crippen LogP contribution in [-0.4, -0.2) is 7.85 Å². The molecule has 0 aliphatic heterocycles. The number of halogens is 2. The Kier molecular flexibility index (Phi) is 2.74. The first-order valence-electron chi connectivity index (χ1n) is 4.42. The van der Waals surface area contributed by atoms with Crippen LogP contribution >= 0.6 is 0 Å². The third kappa shape index (κ3) is 2.30. The van der Waals surface area contributed by atoms with Gasteiger partial charge in [-0.25, -0.2) is 8.78 Å². The first kappa shape index (κ1) is 10.2. The Morgan fingerprint density at radius 2 is 1.69 bits per heavy atom. The second-order valence-corrected chi connectivity index (χ2v) is 3.90. The molecule has 0 aliphatic carbocycles. The molecular weight excluding hydrogens is 169 g/mol. The molecule has 1 unspecified atom stereocenters. The van der Waals surface area contributed by atoms with Gasteiger partial charge in [0.2, 0.25) is 0 Å². The summed E-state index contributed by atoms with van der Waals surface area (Å²) in [7, 11) is 1.97. The van der Waals surface area contributed by atoms with Crippen molar-refractivity contribution in [1.29, 1.82) is 0 Å². The van der Waals surface area contributed by atoms with E-state index in [-0.39, 0.29) is 5.31 Å². The highest BCUT2D eigenvalue weighted by Gasteiger charge is 2.19.